The van der Waals surface area contributed by atoms with Crippen molar-refractivity contribution < 1.29 is 0 Å². The smallest absolute Gasteiger partial charge is 0.112 e. The summed E-state index contributed by atoms with van der Waals surface area (Å²) in [5.41, 5.74) is 5.91. The topological polar surface area (TPSA) is 40.0 Å². The third-order valence-corrected chi connectivity index (χ3v) is 2.64. The summed E-state index contributed by atoms with van der Waals surface area (Å²) in [6, 6.07) is 19.8. The van der Waals surface area contributed by atoms with E-state index in [1.165, 1.54) is 0 Å². The van der Waals surface area contributed by atoms with Crippen molar-refractivity contribution in [1.29, 1.82) is 0 Å². The molecule has 4 heteroatoms. The Kier molecular flexibility index (Phi) is 2.75. The van der Waals surface area contributed by atoms with E-state index >= 15 is 0 Å². The molecule has 0 atom stereocenters. The summed E-state index contributed by atoms with van der Waals surface area (Å²) in [7, 11) is 0. The molecule has 0 radical (unpaired) electrons. The van der Waals surface area contributed by atoms with Crippen molar-refractivity contribution in [2.75, 3.05) is 5.12 Å². The SMILES string of the molecule is C1=C(c2ccccc2)N=NN(c2ccccc2)N1. The summed E-state index contributed by atoms with van der Waals surface area (Å²) in [6.45, 7) is 0. The molecule has 2 aromatic carbocycles. The third kappa shape index (κ3) is 2.08. The number of hydrazine groups is 1. The van der Waals surface area contributed by atoms with Crippen LogP contribution in [0.3, 0.4) is 0 Å². The monoisotopic (exact) mass is 236 g/mol. The molecule has 2 aromatic rings. The van der Waals surface area contributed by atoms with Crippen LogP contribution in [0.5, 0.6) is 0 Å². The van der Waals surface area contributed by atoms with Gasteiger partial charge in [0, 0.05) is 11.8 Å². The normalized spacial score (nSPS) is 14.0. The van der Waals surface area contributed by atoms with Crippen LogP contribution in [0.4, 0.5) is 5.69 Å². The molecule has 18 heavy (non-hydrogen) atoms. The fourth-order valence-corrected chi connectivity index (χ4v) is 1.72. The molecular weight excluding hydrogens is 224 g/mol. The van der Waals surface area contributed by atoms with Crippen LogP contribution in [0, 0.1) is 0 Å². The molecule has 0 saturated heterocycles. The van der Waals surface area contributed by atoms with Crippen LogP contribution in [0.1, 0.15) is 5.56 Å². The number of nitrogens with one attached hydrogen (secondary N) is 1. The minimum atomic E-state index is 0.822. The Balaban J connectivity index is 1.79. The Hall–Kier alpha value is -2.62. The Morgan fingerprint density at radius 2 is 1.50 bits per heavy atom. The van der Waals surface area contributed by atoms with E-state index in [-0.39, 0.29) is 0 Å². The highest BCUT2D eigenvalue weighted by atomic mass is 15.7. The number of hydrogen-bond donors (Lipinski definition) is 1. The van der Waals surface area contributed by atoms with Crippen molar-refractivity contribution in [3.05, 3.63) is 72.4 Å². The Morgan fingerprint density at radius 1 is 0.833 bits per heavy atom. The van der Waals surface area contributed by atoms with Crippen LogP contribution < -0.4 is 10.5 Å². The number of nitrogens with zero attached hydrogens (tertiary/aromatic N) is 3. The van der Waals surface area contributed by atoms with Crippen LogP contribution in [0.25, 0.3) is 5.70 Å². The predicted molar refractivity (Wildman–Crippen MR) is 71.3 cm³/mol. The molecule has 88 valence electrons. The third-order valence-electron chi connectivity index (χ3n) is 2.64. The number of rotatable bonds is 2. The van der Waals surface area contributed by atoms with Crippen LogP contribution in [0.2, 0.25) is 0 Å². The van der Waals surface area contributed by atoms with Crippen molar-refractivity contribution in [3.8, 4) is 0 Å². The minimum Gasteiger partial charge on any atom is -0.282 e. The molecule has 3 rings (SSSR count). The van der Waals surface area contributed by atoms with Gasteiger partial charge in [0.1, 0.15) is 5.70 Å². The maximum atomic E-state index is 4.21. The highest BCUT2D eigenvalue weighted by molar-refractivity contribution is 5.64. The van der Waals surface area contributed by atoms with E-state index in [2.05, 4.69) is 15.8 Å². The number of anilines is 1. The second-order valence-electron chi connectivity index (χ2n) is 3.86. The lowest BCUT2D eigenvalue weighted by atomic mass is 10.2. The minimum absolute atomic E-state index is 0.822. The van der Waals surface area contributed by atoms with E-state index in [1.54, 1.807) is 5.12 Å². The first-order valence-electron chi connectivity index (χ1n) is 5.72. The number of benzene rings is 2. The van der Waals surface area contributed by atoms with Gasteiger partial charge in [-0.05, 0) is 17.4 Å². The van der Waals surface area contributed by atoms with Crippen LogP contribution in [0.15, 0.2) is 77.2 Å². The van der Waals surface area contributed by atoms with Crippen LogP contribution in [-0.4, -0.2) is 0 Å². The fraction of sp³-hybridized carbons (Fsp3) is 0. The van der Waals surface area contributed by atoms with Crippen molar-refractivity contribution in [3.63, 3.8) is 0 Å². The zero-order chi connectivity index (χ0) is 12.2. The van der Waals surface area contributed by atoms with Gasteiger partial charge in [-0.25, -0.2) is 0 Å². The number of hydrogen-bond acceptors (Lipinski definition) is 4. The lowest BCUT2D eigenvalue weighted by Gasteiger charge is -2.20. The zero-order valence-corrected chi connectivity index (χ0v) is 9.69. The molecule has 1 aliphatic rings. The Labute approximate surface area is 105 Å². The molecule has 0 spiro atoms. The van der Waals surface area contributed by atoms with Gasteiger partial charge in [-0.2, -0.15) is 5.12 Å². The largest absolute Gasteiger partial charge is 0.282 e. The number of para-hydroxylation sites is 1. The molecule has 0 fully saturated rings. The summed E-state index contributed by atoms with van der Waals surface area (Å²) in [6.07, 6.45) is 1.84. The molecule has 0 aliphatic carbocycles. The molecule has 0 unspecified atom stereocenters. The van der Waals surface area contributed by atoms with E-state index in [9.17, 15) is 0 Å². The molecule has 0 saturated carbocycles. The van der Waals surface area contributed by atoms with Crippen molar-refractivity contribution in [1.82, 2.24) is 5.43 Å². The van der Waals surface area contributed by atoms with Crippen molar-refractivity contribution in [2.24, 2.45) is 10.3 Å². The standard InChI is InChI=1S/C14H12N4/c1-3-7-12(8-4-1)14-11-15-18(17-16-14)13-9-5-2-6-10-13/h1-11,15H. The lowest BCUT2D eigenvalue weighted by molar-refractivity contribution is 0.719. The first-order valence-corrected chi connectivity index (χ1v) is 5.72. The molecule has 1 heterocycles. The van der Waals surface area contributed by atoms with Gasteiger partial charge in [0.2, 0.25) is 0 Å². The first kappa shape index (κ1) is 10.5. The second-order valence-corrected chi connectivity index (χ2v) is 3.86. The van der Waals surface area contributed by atoms with Gasteiger partial charge in [0.25, 0.3) is 0 Å². The zero-order valence-electron chi connectivity index (χ0n) is 9.69. The van der Waals surface area contributed by atoms with Gasteiger partial charge in [-0.1, -0.05) is 48.5 Å². The molecular formula is C14H12N4. The van der Waals surface area contributed by atoms with E-state index in [4.69, 9.17) is 0 Å². The van der Waals surface area contributed by atoms with E-state index < -0.39 is 0 Å². The summed E-state index contributed by atoms with van der Waals surface area (Å²) in [5, 5.41) is 9.97. The molecule has 0 aromatic heterocycles. The van der Waals surface area contributed by atoms with E-state index in [0.717, 1.165) is 16.9 Å². The molecule has 0 amide bonds. The molecule has 1 N–H and O–H groups in total. The summed E-state index contributed by atoms with van der Waals surface area (Å²) < 4.78 is 0. The summed E-state index contributed by atoms with van der Waals surface area (Å²) in [5.74, 6) is 0. The van der Waals surface area contributed by atoms with Crippen molar-refractivity contribution >= 4 is 11.4 Å². The molecule has 4 nitrogen and oxygen atoms in total. The van der Waals surface area contributed by atoms with Crippen LogP contribution >= 0.6 is 0 Å². The first-order chi connectivity index (χ1) is 8.93. The van der Waals surface area contributed by atoms with Crippen LogP contribution in [-0.2, 0) is 0 Å². The van der Waals surface area contributed by atoms with Gasteiger partial charge in [-0.3, -0.25) is 5.43 Å². The molecule has 1 aliphatic heterocycles. The van der Waals surface area contributed by atoms with E-state index in [1.807, 2.05) is 66.9 Å². The van der Waals surface area contributed by atoms with E-state index in [0.29, 0.717) is 0 Å². The quantitative estimate of drug-likeness (QED) is 0.868. The Bertz CT molecular complexity index is 575. The Morgan fingerprint density at radius 3 is 2.11 bits per heavy atom. The maximum absolute atomic E-state index is 4.21. The maximum Gasteiger partial charge on any atom is 0.112 e. The average molecular weight is 236 g/mol. The fourth-order valence-electron chi connectivity index (χ4n) is 1.72. The van der Waals surface area contributed by atoms with Gasteiger partial charge >= 0.3 is 0 Å². The highest BCUT2D eigenvalue weighted by Gasteiger charge is 2.09. The van der Waals surface area contributed by atoms with Crippen molar-refractivity contribution in [2.45, 2.75) is 0 Å². The van der Waals surface area contributed by atoms with Gasteiger partial charge in [0.05, 0.1) is 5.69 Å². The van der Waals surface area contributed by atoms with Gasteiger partial charge < -0.3 is 0 Å². The molecule has 0 bridgehead atoms. The lowest BCUT2D eigenvalue weighted by Crippen LogP contribution is -2.30. The summed E-state index contributed by atoms with van der Waals surface area (Å²) in [4.78, 5) is 0. The predicted octanol–water partition coefficient (Wildman–Crippen LogP) is 3.38. The summed E-state index contributed by atoms with van der Waals surface area (Å²) >= 11 is 0. The second kappa shape index (κ2) is 4.71. The van der Waals surface area contributed by atoms with Gasteiger partial charge in [-0.15, -0.1) is 5.11 Å². The average Bonchev–Trinajstić information content (AvgIpc) is 2.49. The highest BCUT2D eigenvalue weighted by Crippen LogP contribution is 2.20. The van der Waals surface area contributed by atoms with Gasteiger partial charge in [0.15, 0.2) is 0 Å².